The molecule has 10 nitrogen and oxygen atoms in total. The molecule has 1 saturated heterocycles. The summed E-state index contributed by atoms with van der Waals surface area (Å²) in [6.45, 7) is 1.29. The molecule has 0 unspecified atom stereocenters. The molecular weight excluding hydrogens is 495 g/mol. The van der Waals surface area contributed by atoms with Crippen molar-refractivity contribution in [3.05, 3.63) is 47.5 Å². The lowest BCUT2D eigenvalue weighted by molar-refractivity contribution is -0.274. The summed E-state index contributed by atoms with van der Waals surface area (Å²) in [5.41, 5.74) is 1.78. The number of piperazine rings is 1. The molecular formula is C21H24F3N3O7S. The molecule has 14 heteroatoms. The standard InChI is InChI=1S/C21H24F3N3O7S/c1-32-16-7-8-17(18(19(16)33-2)20(28)25-29)35(30,31)27-11-9-26(10-12-27)13-14-3-5-15(6-4-14)34-21(22,23)24/h3-8,29H,9-13H2,1-2H3,(H,25,28). The molecule has 1 amide bonds. The zero-order chi connectivity index (χ0) is 25.8. The highest BCUT2D eigenvalue weighted by atomic mass is 32.2. The van der Waals surface area contributed by atoms with Gasteiger partial charge in [-0.25, -0.2) is 13.9 Å². The molecule has 192 valence electrons. The first-order valence-corrected chi connectivity index (χ1v) is 11.7. The molecule has 0 aromatic heterocycles. The summed E-state index contributed by atoms with van der Waals surface area (Å²) in [5.74, 6) is -1.43. The Morgan fingerprint density at radius 2 is 1.66 bits per heavy atom. The van der Waals surface area contributed by atoms with Gasteiger partial charge in [0.25, 0.3) is 5.91 Å². The van der Waals surface area contributed by atoms with E-state index < -0.39 is 27.9 Å². The molecule has 0 atom stereocenters. The SMILES string of the molecule is COc1ccc(S(=O)(=O)N2CCN(Cc3ccc(OC(F)(F)F)cc3)CC2)c(C(=O)NO)c1OC. The number of carbonyl (C=O) groups is 1. The number of alkyl halides is 3. The number of hydrogen-bond donors (Lipinski definition) is 2. The molecule has 2 aromatic carbocycles. The van der Waals surface area contributed by atoms with Crippen LogP contribution in [0.25, 0.3) is 0 Å². The third-order valence-corrected chi connectivity index (χ3v) is 7.29. The number of amides is 1. The maximum Gasteiger partial charge on any atom is 0.573 e. The molecule has 1 fully saturated rings. The first-order chi connectivity index (χ1) is 16.5. The molecule has 0 bridgehead atoms. The van der Waals surface area contributed by atoms with E-state index in [9.17, 15) is 26.4 Å². The van der Waals surface area contributed by atoms with E-state index in [-0.39, 0.29) is 35.2 Å². The highest BCUT2D eigenvalue weighted by Gasteiger charge is 2.35. The number of nitrogens with one attached hydrogen (secondary N) is 1. The number of halogens is 3. The fourth-order valence-corrected chi connectivity index (χ4v) is 5.32. The van der Waals surface area contributed by atoms with Crippen molar-refractivity contribution in [3.8, 4) is 17.2 Å². The van der Waals surface area contributed by atoms with Crippen molar-refractivity contribution in [1.82, 2.24) is 14.7 Å². The fraction of sp³-hybridized carbons (Fsp3) is 0.381. The fourth-order valence-electron chi connectivity index (χ4n) is 3.72. The van der Waals surface area contributed by atoms with Crippen molar-refractivity contribution in [2.75, 3.05) is 40.4 Å². The van der Waals surface area contributed by atoms with Gasteiger partial charge in [-0.2, -0.15) is 4.31 Å². The lowest BCUT2D eigenvalue weighted by Crippen LogP contribution is -2.48. The number of hydrogen-bond acceptors (Lipinski definition) is 8. The highest BCUT2D eigenvalue weighted by molar-refractivity contribution is 7.89. The van der Waals surface area contributed by atoms with E-state index in [2.05, 4.69) is 4.74 Å². The number of methoxy groups -OCH3 is 2. The molecule has 0 saturated carbocycles. The van der Waals surface area contributed by atoms with Crippen molar-refractivity contribution in [2.24, 2.45) is 0 Å². The second kappa shape index (κ2) is 10.7. The van der Waals surface area contributed by atoms with E-state index in [0.29, 0.717) is 19.6 Å². The molecule has 0 radical (unpaired) electrons. The van der Waals surface area contributed by atoms with Crippen LogP contribution in [0.3, 0.4) is 0 Å². The van der Waals surface area contributed by atoms with Crippen molar-refractivity contribution in [1.29, 1.82) is 0 Å². The highest BCUT2D eigenvalue weighted by Crippen LogP contribution is 2.36. The maximum absolute atomic E-state index is 13.4. The van der Waals surface area contributed by atoms with E-state index in [0.717, 1.165) is 5.56 Å². The molecule has 3 rings (SSSR count). The van der Waals surface area contributed by atoms with E-state index in [1.807, 2.05) is 4.90 Å². The molecule has 35 heavy (non-hydrogen) atoms. The Balaban J connectivity index is 1.73. The first-order valence-electron chi connectivity index (χ1n) is 10.3. The van der Waals surface area contributed by atoms with Crippen LogP contribution in [0.1, 0.15) is 15.9 Å². The molecule has 1 aliphatic heterocycles. The summed E-state index contributed by atoms with van der Waals surface area (Å²) in [6, 6.07) is 8.00. The first kappa shape index (κ1) is 26.5. The van der Waals surface area contributed by atoms with Crippen LogP contribution in [0.5, 0.6) is 17.2 Å². The molecule has 1 aliphatic rings. The van der Waals surface area contributed by atoms with E-state index in [1.165, 1.54) is 60.4 Å². The third-order valence-electron chi connectivity index (χ3n) is 5.35. The summed E-state index contributed by atoms with van der Waals surface area (Å²) in [7, 11) is -1.59. The van der Waals surface area contributed by atoms with Gasteiger partial charge in [-0.1, -0.05) is 12.1 Å². The lowest BCUT2D eigenvalue weighted by atomic mass is 10.1. The topological polar surface area (TPSA) is 118 Å². The number of rotatable bonds is 8. The summed E-state index contributed by atoms with van der Waals surface area (Å²) in [5, 5.41) is 9.15. The van der Waals surface area contributed by atoms with Gasteiger partial charge in [-0.3, -0.25) is 14.9 Å². The third kappa shape index (κ3) is 6.14. The van der Waals surface area contributed by atoms with Crippen LogP contribution in [0, 0.1) is 0 Å². The molecule has 2 aromatic rings. The second-order valence-electron chi connectivity index (χ2n) is 7.49. The van der Waals surface area contributed by atoms with Crippen LogP contribution in [0.4, 0.5) is 13.2 Å². The Labute approximate surface area is 199 Å². The zero-order valence-electron chi connectivity index (χ0n) is 18.8. The summed E-state index contributed by atoms with van der Waals surface area (Å²) < 4.78 is 79.0. The summed E-state index contributed by atoms with van der Waals surface area (Å²) in [6.07, 6.45) is -4.77. The number of nitrogens with zero attached hydrogens (tertiary/aromatic N) is 2. The van der Waals surface area contributed by atoms with E-state index in [1.54, 1.807) is 0 Å². The van der Waals surface area contributed by atoms with Crippen LogP contribution in [-0.4, -0.2) is 75.5 Å². The number of hydroxylamine groups is 1. The predicted octanol–water partition coefficient (Wildman–Crippen LogP) is 2.23. The monoisotopic (exact) mass is 519 g/mol. The van der Waals surface area contributed by atoms with Crippen LogP contribution in [0.2, 0.25) is 0 Å². The maximum atomic E-state index is 13.4. The largest absolute Gasteiger partial charge is 0.573 e. The van der Waals surface area contributed by atoms with Gasteiger partial charge in [-0.15, -0.1) is 13.2 Å². The predicted molar refractivity (Wildman–Crippen MR) is 116 cm³/mol. The average Bonchev–Trinajstić information content (AvgIpc) is 2.83. The minimum Gasteiger partial charge on any atom is -0.493 e. The Kier molecular flexibility index (Phi) is 8.10. The van der Waals surface area contributed by atoms with Crippen molar-refractivity contribution < 1.29 is 45.8 Å². The van der Waals surface area contributed by atoms with Crippen LogP contribution in [0.15, 0.2) is 41.3 Å². The van der Waals surface area contributed by atoms with Gasteiger partial charge < -0.3 is 14.2 Å². The van der Waals surface area contributed by atoms with Gasteiger partial charge in [-0.05, 0) is 29.8 Å². The van der Waals surface area contributed by atoms with Crippen LogP contribution in [-0.2, 0) is 16.6 Å². The zero-order valence-corrected chi connectivity index (χ0v) is 19.6. The van der Waals surface area contributed by atoms with Crippen LogP contribution < -0.4 is 19.7 Å². The summed E-state index contributed by atoms with van der Waals surface area (Å²) >= 11 is 0. The van der Waals surface area contributed by atoms with Gasteiger partial charge in [0.05, 0.1) is 19.1 Å². The van der Waals surface area contributed by atoms with Gasteiger partial charge in [0, 0.05) is 32.7 Å². The number of carbonyl (C=O) groups excluding carboxylic acids is 1. The van der Waals surface area contributed by atoms with E-state index >= 15 is 0 Å². The Hall–Kier alpha value is -3.07. The van der Waals surface area contributed by atoms with Gasteiger partial charge in [0.2, 0.25) is 10.0 Å². The van der Waals surface area contributed by atoms with Gasteiger partial charge >= 0.3 is 6.36 Å². The summed E-state index contributed by atoms with van der Waals surface area (Å²) in [4.78, 5) is 13.9. The van der Waals surface area contributed by atoms with Crippen molar-refractivity contribution in [3.63, 3.8) is 0 Å². The number of ether oxygens (including phenoxy) is 3. The Bertz CT molecular complexity index is 1150. The second-order valence-corrected chi connectivity index (χ2v) is 9.39. The van der Waals surface area contributed by atoms with Crippen molar-refractivity contribution >= 4 is 15.9 Å². The van der Waals surface area contributed by atoms with Crippen molar-refractivity contribution in [2.45, 2.75) is 17.8 Å². The normalized spacial score (nSPS) is 15.5. The van der Waals surface area contributed by atoms with Gasteiger partial charge in [0.15, 0.2) is 11.5 Å². The minimum absolute atomic E-state index is 0.103. The smallest absolute Gasteiger partial charge is 0.493 e. The molecule has 0 spiro atoms. The Morgan fingerprint density at radius 3 is 2.17 bits per heavy atom. The Morgan fingerprint density at radius 1 is 1.03 bits per heavy atom. The number of benzene rings is 2. The van der Waals surface area contributed by atoms with Gasteiger partial charge in [0.1, 0.15) is 11.3 Å². The molecule has 1 heterocycles. The van der Waals surface area contributed by atoms with E-state index in [4.69, 9.17) is 14.7 Å². The molecule has 0 aliphatic carbocycles. The minimum atomic E-state index is -4.77. The lowest BCUT2D eigenvalue weighted by Gasteiger charge is -2.34. The molecule has 2 N–H and O–H groups in total. The number of sulfonamides is 1. The quantitative estimate of drug-likeness (QED) is 0.403. The van der Waals surface area contributed by atoms with Crippen LogP contribution >= 0.6 is 0 Å². The average molecular weight is 519 g/mol.